The van der Waals surface area contributed by atoms with Gasteiger partial charge in [-0.3, -0.25) is 9.59 Å². The molecule has 0 atom stereocenters. The minimum Gasteiger partial charge on any atom is -0.349 e. The van der Waals surface area contributed by atoms with Crippen molar-refractivity contribution >= 4 is 23.3 Å². The molecule has 0 amide bonds. The van der Waals surface area contributed by atoms with Gasteiger partial charge in [-0.2, -0.15) is 0 Å². The van der Waals surface area contributed by atoms with E-state index in [9.17, 15) is 9.59 Å². The second kappa shape index (κ2) is 7.31. The number of rotatable bonds is 7. The largest absolute Gasteiger partial charge is 0.349 e. The van der Waals surface area contributed by atoms with Crippen LogP contribution in [-0.4, -0.2) is 38.3 Å². The van der Waals surface area contributed by atoms with Crippen molar-refractivity contribution in [2.45, 2.75) is 17.6 Å². The van der Waals surface area contributed by atoms with Crippen molar-refractivity contribution < 1.29 is 19.1 Å². The number of carbonyl (C=O) groups is 2. The molecule has 1 rings (SSSR count). The molecule has 4 nitrogen and oxygen atoms in total. The molecular weight excluding hydrogens is 252 g/mol. The van der Waals surface area contributed by atoms with Gasteiger partial charge in [-0.1, -0.05) is 12.1 Å². The highest BCUT2D eigenvalue weighted by atomic mass is 32.2. The van der Waals surface area contributed by atoms with E-state index in [1.54, 1.807) is 23.9 Å². The van der Waals surface area contributed by atoms with Gasteiger partial charge in [0.1, 0.15) is 0 Å². The topological polar surface area (TPSA) is 52.6 Å². The quantitative estimate of drug-likeness (QED) is 0.328. The van der Waals surface area contributed by atoms with Crippen LogP contribution in [0.3, 0.4) is 0 Å². The normalized spacial score (nSPS) is 10.7. The van der Waals surface area contributed by atoms with Crippen LogP contribution >= 0.6 is 11.8 Å². The second-order valence-electron chi connectivity index (χ2n) is 3.60. The molecule has 0 aliphatic carbocycles. The Bertz CT molecular complexity index is 410. The van der Waals surface area contributed by atoms with Crippen LogP contribution in [0.1, 0.15) is 16.8 Å². The first kappa shape index (κ1) is 14.9. The van der Waals surface area contributed by atoms with Gasteiger partial charge in [0.2, 0.25) is 6.29 Å². The Kier molecular flexibility index (Phi) is 6.04. The van der Waals surface area contributed by atoms with E-state index in [1.807, 2.05) is 18.4 Å². The van der Waals surface area contributed by atoms with Crippen LogP contribution in [0.2, 0.25) is 0 Å². The Morgan fingerprint density at radius 3 is 2.17 bits per heavy atom. The summed E-state index contributed by atoms with van der Waals surface area (Å²) in [6, 6.07) is 7.14. The summed E-state index contributed by atoms with van der Waals surface area (Å²) in [5.74, 6) is -0.606. The molecule has 0 aliphatic heterocycles. The molecule has 0 fully saturated rings. The molecule has 0 radical (unpaired) electrons. The molecule has 98 valence electrons. The molecule has 0 aliphatic rings. The third kappa shape index (κ3) is 3.94. The molecular formula is C13H16O4S. The van der Waals surface area contributed by atoms with Gasteiger partial charge in [0, 0.05) is 24.7 Å². The van der Waals surface area contributed by atoms with Crippen molar-refractivity contribution in [3.63, 3.8) is 0 Å². The number of Topliss-reactive ketones (excluding diaryl/α,β-unsaturated/α-hetero) is 2. The molecule has 0 unspecified atom stereocenters. The van der Waals surface area contributed by atoms with E-state index in [0.717, 1.165) is 4.90 Å². The first-order valence-corrected chi connectivity index (χ1v) is 6.60. The highest BCUT2D eigenvalue weighted by Gasteiger charge is 2.20. The van der Waals surface area contributed by atoms with Crippen molar-refractivity contribution in [2.75, 3.05) is 20.5 Å². The zero-order chi connectivity index (χ0) is 13.5. The molecule has 5 heteroatoms. The van der Waals surface area contributed by atoms with Gasteiger partial charge in [0.15, 0.2) is 11.6 Å². The molecule has 0 N–H and O–H groups in total. The van der Waals surface area contributed by atoms with Gasteiger partial charge in [-0.15, -0.1) is 11.8 Å². The summed E-state index contributed by atoms with van der Waals surface area (Å²) in [7, 11) is 2.73. The third-order valence-electron chi connectivity index (χ3n) is 2.44. The lowest BCUT2D eigenvalue weighted by Gasteiger charge is -2.11. The van der Waals surface area contributed by atoms with Gasteiger partial charge < -0.3 is 9.47 Å². The van der Waals surface area contributed by atoms with Gasteiger partial charge in [-0.25, -0.2) is 0 Å². The van der Waals surface area contributed by atoms with Crippen molar-refractivity contribution in [1.82, 2.24) is 0 Å². The zero-order valence-electron chi connectivity index (χ0n) is 10.6. The van der Waals surface area contributed by atoms with Crippen LogP contribution in [0, 0.1) is 0 Å². The van der Waals surface area contributed by atoms with Gasteiger partial charge in [-0.05, 0) is 18.4 Å². The van der Waals surface area contributed by atoms with Crippen LogP contribution < -0.4 is 0 Å². The number of benzene rings is 1. The van der Waals surface area contributed by atoms with E-state index in [4.69, 9.17) is 9.47 Å². The molecule has 0 heterocycles. The van der Waals surface area contributed by atoms with Crippen molar-refractivity contribution in [3.05, 3.63) is 29.8 Å². The lowest BCUT2D eigenvalue weighted by atomic mass is 10.1. The predicted molar refractivity (Wildman–Crippen MR) is 70.0 cm³/mol. The lowest BCUT2D eigenvalue weighted by Crippen LogP contribution is -2.27. The molecule has 0 saturated carbocycles. The standard InChI is InChI=1S/C13H16O4S/c1-16-13(17-2)12(15)8-11(14)9-4-6-10(18-3)7-5-9/h4-7,13H,8H2,1-3H3. The van der Waals surface area contributed by atoms with E-state index in [0.29, 0.717) is 5.56 Å². The summed E-state index contributed by atoms with van der Waals surface area (Å²) in [6.45, 7) is 0. The average Bonchev–Trinajstić information content (AvgIpc) is 2.40. The van der Waals surface area contributed by atoms with Crippen molar-refractivity contribution in [1.29, 1.82) is 0 Å². The third-order valence-corrected chi connectivity index (χ3v) is 3.18. The van der Waals surface area contributed by atoms with Crippen molar-refractivity contribution in [2.24, 2.45) is 0 Å². The predicted octanol–water partition coefficient (Wildman–Crippen LogP) is 2.17. The smallest absolute Gasteiger partial charge is 0.217 e. The van der Waals surface area contributed by atoms with Crippen LogP contribution in [0.15, 0.2) is 29.2 Å². The minimum atomic E-state index is -0.973. The Morgan fingerprint density at radius 2 is 1.72 bits per heavy atom. The number of methoxy groups -OCH3 is 2. The van der Waals surface area contributed by atoms with Crippen LogP contribution in [0.5, 0.6) is 0 Å². The lowest BCUT2D eigenvalue weighted by molar-refractivity contribution is -0.155. The number of thioether (sulfide) groups is 1. The summed E-state index contributed by atoms with van der Waals surface area (Å²) in [5.41, 5.74) is 0.520. The molecule has 0 bridgehead atoms. The van der Waals surface area contributed by atoms with Crippen LogP contribution in [0.25, 0.3) is 0 Å². The number of carbonyl (C=O) groups excluding carboxylic acids is 2. The van der Waals surface area contributed by atoms with Gasteiger partial charge in [0.25, 0.3) is 0 Å². The number of ketones is 2. The highest BCUT2D eigenvalue weighted by molar-refractivity contribution is 7.98. The summed E-state index contributed by atoms with van der Waals surface area (Å²) in [5, 5.41) is 0. The van der Waals surface area contributed by atoms with Crippen molar-refractivity contribution in [3.8, 4) is 0 Å². The molecule has 1 aromatic rings. The van der Waals surface area contributed by atoms with E-state index in [-0.39, 0.29) is 18.0 Å². The van der Waals surface area contributed by atoms with E-state index >= 15 is 0 Å². The first-order chi connectivity index (χ1) is 8.62. The van der Waals surface area contributed by atoms with Crippen LogP contribution in [-0.2, 0) is 14.3 Å². The maximum Gasteiger partial charge on any atom is 0.217 e. The highest BCUT2D eigenvalue weighted by Crippen LogP contribution is 2.16. The maximum absolute atomic E-state index is 11.9. The van der Waals surface area contributed by atoms with E-state index in [1.165, 1.54) is 14.2 Å². The fourth-order valence-electron chi connectivity index (χ4n) is 1.48. The molecule has 0 aromatic heterocycles. The molecule has 0 spiro atoms. The van der Waals surface area contributed by atoms with Gasteiger partial charge in [0.05, 0.1) is 6.42 Å². The monoisotopic (exact) mass is 268 g/mol. The maximum atomic E-state index is 11.9. The fraction of sp³-hybridized carbons (Fsp3) is 0.385. The Hall–Kier alpha value is -1.17. The zero-order valence-corrected chi connectivity index (χ0v) is 11.5. The fourth-order valence-corrected chi connectivity index (χ4v) is 1.89. The first-order valence-electron chi connectivity index (χ1n) is 5.38. The van der Waals surface area contributed by atoms with Gasteiger partial charge >= 0.3 is 0 Å². The van der Waals surface area contributed by atoms with E-state index < -0.39 is 6.29 Å². The average molecular weight is 268 g/mol. The minimum absolute atomic E-state index is 0.217. The Labute approximate surface area is 111 Å². The summed E-state index contributed by atoms with van der Waals surface area (Å²) in [6.07, 6.45) is 0.770. The summed E-state index contributed by atoms with van der Waals surface area (Å²) >= 11 is 1.60. The Balaban J connectivity index is 2.67. The summed E-state index contributed by atoms with van der Waals surface area (Å²) in [4.78, 5) is 24.6. The Morgan fingerprint density at radius 1 is 1.17 bits per heavy atom. The van der Waals surface area contributed by atoms with E-state index in [2.05, 4.69) is 0 Å². The summed E-state index contributed by atoms with van der Waals surface area (Å²) < 4.78 is 9.61. The SMILES string of the molecule is COC(OC)C(=O)CC(=O)c1ccc(SC)cc1. The van der Waals surface area contributed by atoms with Crippen LogP contribution in [0.4, 0.5) is 0 Å². The number of ether oxygens (including phenoxy) is 2. The number of hydrogen-bond acceptors (Lipinski definition) is 5. The molecule has 0 saturated heterocycles. The molecule has 1 aromatic carbocycles. The second-order valence-corrected chi connectivity index (χ2v) is 4.48. The number of hydrogen-bond donors (Lipinski definition) is 0. The molecule has 18 heavy (non-hydrogen) atoms.